The zero-order chi connectivity index (χ0) is 12.6. The van der Waals surface area contributed by atoms with Crippen molar-refractivity contribution in [1.29, 1.82) is 0 Å². The third-order valence-corrected chi connectivity index (χ3v) is 2.68. The van der Waals surface area contributed by atoms with Gasteiger partial charge in [0.15, 0.2) is 0 Å². The molecule has 4 nitrogen and oxygen atoms in total. The molecule has 0 radical (unpaired) electrons. The quantitative estimate of drug-likeness (QED) is 0.702. The Hall–Kier alpha value is -1.71. The number of carbonyl (C=O) groups excluding carboxylic acids is 1. The van der Waals surface area contributed by atoms with Crippen molar-refractivity contribution in [3.8, 4) is 0 Å². The van der Waals surface area contributed by atoms with Crippen LogP contribution in [0.3, 0.4) is 0 Å². The van der Waals surface area contributed by atoms with Crippen LogP contribution in [0.15, 0.2) is 18.2 Å². The third kappa shape index (κ3) is 2.35. The predicted octanol–water partition coefficient (Wildman–Crippen LogP) is 2.57. The summed E-state index contributed by atoms with van der Waals surface area (Å²) in [7, 11) is 0. The minimum absolute atomic E-state index is 0.304. The number of hydrogen-bond acceptors (Lipinski definition) is 3. The smallest absolute Gasteiger partial charge is 0.414 e. The van der Waals surface area contributed by atoms with Gasteiger partial charge < -0.3 is 10.5 Å². The van der Waals surface area contributed by atoms with Crippen molar-refractivity contribution in [2.75, 3.05) is 17.2 Å². The van der Waals surface area contributed by atoms with Crippen LogP contribution in [-0.2, 0) is 11.2 Å². The molecule has 0 saturated carbocycles. The summed E-state index contributed by atoms with van der Waals surface area (Å²) in [5.41, 5.74) is 8.07. The highest BCUT2D eigenvalue weighted by molar-refractivity contribution is 5.92. The molecule has 0 fully saturated rings. The third-order valence-electron chi connectivity index (χ3n) is 2.68. The van der Waals surface area contributed by atoms with Crippen LogP contribution in [0.25, 0.3) is 0 Å². The first-order valence-electron chi connectivity index (χ1n) is 5.76. The number of nitrogens with zero attached hydrogens (tertiary/aromatic N) is 1. The Morgan fingerprint density at radius 3 is 2.76 bits per heavy atom. The SMILES string of the molecule is CC(C)(C)OC(=O)N1CCc2c(N)cccc21. The summed E-state index contributed by atoms with van der Waals surface area (Å²) in [5, 5.41) is 0. The van der Waals surface area contributed by atoms with Crippen LogP contribution < -0.4 is 10.6 Å². The summed E-state index contributed by atoms with van der Waals surface area (Å²) in [5.74, 6) is 0. The Morgan fingerprint density at radius 1 is 1.41 bits per heavy atom. The average Bonchev–Trinajstić information content (AvgIpc) is 2.60. The summed E-state index contributed by atoms with van der Waals surface area (Å²) in [6, 6.07) is 5.62. The van der Waals surface area contributed by atoms with Crippen molar-refractivity contribution in [3.05, 3.63) is 23.8 Å². The second kappa shape index (κ2) is 3.95. The van der Waals surface area contributed by atoms with Crippen molar-refractivity contribution in [3.63, 3.8) is 0 Å². The largest absolute Gasteiger partial charge is 0.443 e. The lowest BCUT2D eigenvalue weighted by atomic mass is 10.1. The number of nitrogen functional groups attached to an aromatic ring is 1. The fourth-order valence-corrected chi connectivity index (χ4v) is 1.97. The highest BCUT2D eigenvalue weighted by atomic mass is 16.6. The number of fused-ring (bicyclic) bond motifs is 1. The van der Waals surface area contributed by atoms with Gasteiger partial charge in [-0.3, -0.25) is 4.90 Å². The fraction of sp³-hybridized carbons (Fsp3) is 0.462. The van der Waals surface area contributed by atoms with E-state index >= 15 is 0 Å². The number of rotatable bonds is 0. The lowest BCUT2D eigenvalue weighted by molar-refractivity contribution is 0.0584. The van der Waals surface area contributed by atoms with Gasteiger partial charge in [0.25, 0.3) is 0 Å². The van der Waals surface area contributed by atoms with E-state index < -0.39 is 5.60 Å². The average molecular weight is 234 g/mol. The van der Waals surface area contributed by atoms with Crippen LogP contribution in [0.4, 0.5) is 16.2 Å². The first-order chi connectivity index (χ1) is 7.88. The van der Waals surface area contributed by atoms with Crippen molar-refractivity contribution in [2.45, 2.75) is 32.8 Å². The lowest BCUT2D eigenvalue weighted by Crippen LogP contribution is -2.35. The van der Waals surface area contributed by atoms with Gasteiger partial charge in [-0.25, -0.2) is 4.79 Å². The van der Waals surface area contributed by atoms with Crippen LogP contribution in [0.1, 0.15) is 26.3 Å². The van der Waals surface area contributed by atoms with E-state index in [2.05, 4.69) is 0 Å². The number of nitrogens with two attached hydrogens (primary N) is 1. The molecule has 92 valence electrons. The summed E-state index contributed by atoms with van der Waals surface area (Å²) in [4.78, 5) is 13.6. The second-order valence-corrected chi connectivity index (χ2v) is 5.23. The maximum Gasteiger partial charge on any atom is 0.414 e. The minimum Gasteiger partial charge on any atom is -0.443 e. The molecular formula is C13H18N2O2. The molecule has 0 spiro atoms. The first kappa shape index (κ1) is 11.8. The molecule has 1 amide bonds. The van der Waals surface area contributed by atoms with Crippen LogP contribution in [0.2, 0.25) is 0 Å². The summed E-state index contributed by atoms with van der Waals surface area (Å²) < 4.78 is 5.36. The van der Waals surface area contributed by atoms with E-state index in [4.69, 9.17) is 10.5 Å². The number of hydrogen-bond donors (Lipinski definition) is 1. The van der Waals surface area contributed by atoms with Crippen molar-refractivity contribution >= 4 is 17.5 Å². The van der Waals surface area contributed by atoms with E-state index in [-0.39, 0.29) is 6.09 Å². The van der Waals surface area contributed by atoms with Gasteiger partial charge in [-0.2, -0.15) is 0 Å². The maximum absolute atomic E-state index is 12.0. The predicted molar refractivity (Wildman–Crippen MR) is 68.1 cm³/mol. The molecule has 0 saturated heterocycles. The van der Waals surface area contributed by atoms with Gasteiger partial charge in [-0.05, 0) is 39.3 Å². The van der Waals surface area contributed by atoms with E-state index in [1.807, 2.05) is 39.0 Å². The first-order valence-corrected chi connectivity index (χ1v) is 5.76. The molecule has 1 aliphatic rings. The topological polar surface area (TPSA) is 55.6 Å². The maximum atomic E-state index is 12.0. The zero-order valence-electron chi connectivity index (χ0n) is 10.5. The number of benzene rings is 1. The molecule has 1 heterocycles. The van der Waals surface area contributed by atoms with Gasteiger partial charge in [-0.1, -0.05) is 6.07 Å². The van der Waals surface area contributed by atoms with Gasteiger partial charge in [0, 0.05) is 17.8 Å². The van der Waals surface area contributed by atoms with E-state index in [1.165, 1.54) is 0 Å². The van der Waals surface area contributed by atoms with Crippen LogP contribution in [0.5, 0.6) is 0 Å². The Bertz CT molecular complexity index is 449. The Kier molecular flexibility index (Phi) is 2.73. The van der Waals surface area contributed by atoms with Crippen molar-refractivity contribution in [2.24, 2.45) is 0 Å². The fourth-order valence-electron chi connectivity index (χ4n) is 1.97. The standard InChI is InChI=1S/C13H18N2O2/c1-13(2,3)17-12(16)15-8-7-9-10(14)5-4-6-11(9)15/h4-6H,7-8,14H2,1-3H3. The molecule has 1 aromatic carbocycles. The molecule has 0 bridgehead atoms. The summed E-state index contributed by atoms with van der Waals surface area (Å²) in [6.07, 6.45) is 0.489. The minimum atomic E-state index is -0.472. The Balaban J connectivity index is 2.23. The molecule has 1 aliphatic heterocycles. The van der Waals surface area contributed by atoms with Gasteiger partial charge >= 0.3 is 6.09 Å². The molecule has 2 rings (SSSR count). The number of amides is 1. The summed E-state index contributed by atoms with van der Waals surface area (Å²) in [6.45, 7) is 6.22. The molecule has 4 heteroatoms. The molecule has 1 aromatic rings. The monoisotopic (exact) mass is 234 g/mol. The van der Waals surface area contributed by atoms with Gasteiger partial charge in [0.2, 0.25) is 0 Å². The van der Waals surface area contributed by atoms with E-state index in [9.17, 15) is 4.79 Å². The number of anilines is 2. The van der Waals surface area contributed by atoms with E-state index in [0.717, 1.165) is 23.4 Å². The molecule has 0 unspecified atom stereocenters. The number of ether oxygens (including phenoxy) is 1. The molecule has 2 N–H and O–H groups in total. The second-order valence-electron chi connectivity index (χ2n) is 5.23. The van der Waals surface area contributed by atoms with Crippen molar-refractivity contribution in [1.82, 2.24) is 0 Å². The molecular weight excluding hydrogens is 216 g/mol. The molecule has 0 atom stereocenters. The van der Waals surface area contributed by atoms with Gasteiger partial charge in [-0.15, -0.1) is 0 Å². The Labute approximate surface area is 101 Å². The molecule has 0 aromatic heterocycles. The van der Waals surface area contributed by atoms with Crippen LogP contribution in [-0.4, -0.2) is 18.2 Å². The normalized spacial score (nSPS) is 14.6. The van der Waals surface area contributed by atoms with Crippen LogP contribution >= 0.6 is 0 Å². The zero-order valence-corrected chi connectivity index (χ0v) is 10.5. The van der Waals surface area contributed by atoms with Crippen molar-refractivity contribution < 1.29 is 9.53 Å². The van der Waals surface area contributed by atoms with E-state index in [1.54, 1.807) is 4.90 Å². The molecule has 17 heavy (non-hydrogen) atoms. The van der Waals surface area contributed by atoms with Crippen LogP contribution in [0, 0.1) is 0 Å². The number of carbonyl (C=O) groups is 1. The van der Waals surface area contributed by atoms with E-state index in [0.29, 0.717) is 6.54 Å². The Morgan fingerprint density at radius 2 is 2.12 bits per heavy atom. The summed E-state index contributed by atoms with van der Waals surface area (Å²) >= 11 is 0. The molecule has 0 aliphatic carbocycles. The highest BCUT2D eigenvalue weighted by Gasteiger charge is 2.29. The highest BCUT2D eigenvalue weighted by Crippen LogP contribution is 2.32. The van der Waals surface area contributed by atoms with Gasteiger partial charge in [0.05, 0.1) is 5.69 Å². The van der Waals surface area contributed by atoms with Gasteiger partial charge in [0.1, 0.15) is 5.60 Å². The lowest BCUT2D eigenvalue weighted by Gasteiger charge is -2.24.